The summed E-state index contributed by atoms with van der Waals surface area (Å²) in [7, 11) is 3.07. The quantitative estimate of drug-likeness (QED) is 0.394. The highest BCUT2D eigenvalue weighted by Crippen LogP contribution is 2.28. The molecule has 5 heteroatoms. The van der Waals surface area contributed by atoms with Gasteiger partial charge in [-0.3, -0.25) is 4.68 Å². The lowest BCUT2D eigenvalue weighted by Gasteiger charge is -2.14. The summed E-state index contributed by atoms with van der Waals surface area (Å²) in [6.07, 6.45) is 3.65. The molecule has 0 amide bonds. The number of esters is 1. The summed E-state index contributed by atoms with van der Waals surface area (Å²) in [6, 6.07) is 17.7. The summed E-state index contributed by atoms with van der Waals surface area (Å²) in [4.78, 5) is 12.3. The van der Waals surface area contributed by atoms with Crippen LogP contribution in [-0.4, -0.2) is 30.0 Å². The van der Waals surface area contributed by atoms with Gasteiger partial charge in [0.15, 0.2) is 0 Å². The average molecular weight is 390 g/mol. The van der Waals surface area contributed by atoms with Gasteiger partial charge >= 0.3 is 5.97 Å². The molecule has 0 atom stereocenters. The number of methoxy groups -OCH3 is 2. The minimum Gasteiger partial charge on any atom is -0.465 e. The molecule has 5 nitrogen and oxygen atoms in total. The summed E-state index contributed by atoms with van der Waals surface area (Å²) < 4.78 is 12.2. The third-order valence-corrected chi connectivity index (χ3v) is 4.77. The number of hydrogen-bond donors (Lipinski definition) is 0. The second-order valence-electron chi connectivity index (χ2n) is 6.74. The first kappa shape index (κ1) is 20.6. The zero-order valence-corrected chi connectivity index (χ0v) is 16.9. The number of benzene rings is 2. The van der Waals surface area contributed by atoms with E-state index < -0.39 is 0 Å². The molecule has 0 aliphatic carbocycles. The molecule has 29 heavy (non-hydrogen) atoms. The Morgan fingerprint density at radius 1 is 1.10 bits per heavy atom. The lowest BCUT2D eigenvalue weighted by atomic mass is 9.95. The molecule has 0 fully saturated rings. The number of carbonyl (C=O) groups is 1. The van der Waals surface area contributed by atoms with Crippen LogP contribution >= 0.6 is 0 Å². The first-order valence-electron chi connectivity index (χ1n) is 9.59. The minimum absolute atomic E-state index is 0.344. The first-order valence-corrected chi connectivity index (χ1v) is 9.59. The van der Waals surface area contributed by atoms with E-state index in [0.29, 0.717) is 18.7 Å². The highest BCUT2D eigenvalue weighted by Gasteiger charge is 2.16. The van der Waals surface area contributed by atoms with Crippen molar-refractivity contribution in [2.45, 2.75) is 26.0 Å². The molecular formula is C24H26N2O3. The number of nitrogens with zero attached hydrogens (tertiary/aromatic N) is 2. The van der Waals surface area contributed by atoms with Gasteiger partial charge in [-0.1, -0.05) is 48.5 Å². The Balaban J connectivity index is 2.01. The maximum atomic E-state index is 12.3. The van der Waals surface area contributed by atoms with Crippen molar-refractivity contribution in [1.82, 2.24) is 9.78 Å². The number of allylic oxidation sites excluding steroid dienone is 1. The fraction of sp³-hybridized carbons (Fsp3) is 0.250. The van der Waals surface area contributed by atoms with Crippen LogP contribution in [0.1, 0.15) is 33.7 Å². The van der Waals surface area contributed by atoms with Gasteiger partial charge in [-0.25, -0.2) is 4.79 Å². The Labute approximate surface area is 171 Å². The van der Waals surface area contributed by atoms with Gasteiger partial charge in [-0.2, -0.15) is 5.10 Å². The highest BCUT2D eigenvalue weighted by atomic mass is 16.5. The number of hydrogen-bond acceptors (Lipinski definition) is 4. The molecule has 3 aromatic rings. The van der Waals surface area contributed by atoms with Gasteiger partial charge in [-0.05, 0) is 41.7 Å². The third-order valence-electron chi connectivity index (χ3n) is 4.77. The number of aryl methyl sites for hydroxylation is 1. The van der Waals surface area contributed by atoms with E-state index in [9.17, 15) is 4.79 Å². The van der Waals surface area contributed by atoms with Crippen LogP contribution in [0.25, 0.3) is 11.1 Å². The minimum atomic E-state index is -0.344. The molecule has 1 heterocycles. The zero-order valence-electron chi connectivity index (χ0n) is 16.9. The van der Waals surface area contributed by atoms with Crippen LogP contribution < -0.4 is 0 Å². The highest BCUT2D eigenvalue weighted by molar-refractivity contribution is 5.97. The van der Waals surface area contributed by atoms with Crippen molar-refractivity contribution < 1.29 is 14.3 Å². The van der Waals surface area contributed by atoms with Gasteiger partial charge in [0.2, 0.25) is 0 Å². The Hall–Kier alpha value is -3.18. The van der Waals surface area contributed by atoms with Crippen molar-refractivity contribution in [1.29, 1.82) is 0 Å². The molecule has 0 radical (unpaired) electrons. The van der Waals surface area contributed by atoms with E-state index in [-0.39, 0.29) is 5.97 Å². The van der Waals surface area contributed by atoms with E-state index >= 15 is 0 Å². The van der Waals surface area contributed by atoms with Gasteiger partial charge in [0.05, 0.1) is 31.5 Å². The van der Waals surface area contributed by atoms with Crippen LogP contribution in [0.2, 0.25) is 0 Å². The van der Waals surface area contributed by atoms with Gasteiger partial charge < -0.3 is 9.47 Å². The fourth-order valence-corrected chi connectivity index (χ4v) is 3.41. The molecule has 0 spiro atoms. The first-order chi connectivity index (χ1) is 14.2. The molecule has 1 aromatic heterocycles. The fourth-order valence-electron chi connectivity index (χ4n) is 3.41. The normalized spacial score (nSPS) is 10.7. The SMILES string of the molecule is C=CCCc1cc(COC)nn1Cc1ccccc1-c1ccccc1C(=O)OC. The van der Waals surface area contributed by atoms with E-state index in [1.54, 1.807) is 13.2 Å². The number of carbonyl (C=O) groups excluding carboxylic acids is 1. The largest absolute Gasteiger partial charge is 0.465 e. The molecule has 0 saturated carbocycles. The lowest BCUT2D eigenvalue weighted by molar-refractivity contribution is 0.0601. The van der Waals surface area contributed by atoms with E-state index in [1.807, 2.05) is 47.2 Å². The number of aromatic nitrogens is 2. The third kappa shape index (κ3) is 4.81. The summed E-state index contributed by atoms with van der Waals surface area (Å²) in [6.45, 7) is 4.89. The Morgan fingerprint density at radius 2 is 1.83 bits per heavy atom. The van der Waals surface area contributed by atoms with Crippen LogP contribution in [0, 0.1) is 0 Å². The van der Waals surface area contributed by atoms with Gasteiger partial charge in [-0.15, -0.1) is 6.58 Å². The summed E-state index contributed by atoms with van der Waals surface area (Å²) in [5, 5.41) is 4.72. The summed E-state index contributed by atoms with van der Waals surface area (Å²) in [5.41, 5.74) is 5.51. The smallest absolute Gasteiger partial charge is 0.338 e. The molecule has 2 aromatic carbocycles. The maximum Gasteiger partial charge on any atom is 0.338 e. The van der Waals surface area contributed by atoms with Crippen molar-refractivity contribution in [2.75, 3.05) is 14.2 Å². The second kappa shape index (κ2) is 9.85. The van der Waals surface area contributed by atoms with E-state index in [1.165, 1.54) is 7.11 Å². The number of ether oxygens (including phenoxy) is 2. The summed E-state index contributed by atoms with van der Waals surface area (Å²) in [5.74, 6) is -0.344. The van der Waals surface area contributed by atoms with Crippen LogP contribution in [0.5, 0.6) is 0 Å². The van der Waals surface area contributed by atoms with E-state index in [2.05, 4.69) is 18.7 Å². The Morgan fingerprint density at radius 3 is 2.55 bits per heavy atom. The van der Waals surface area contributed by atoms with Crippen LogP contribution in [0.4, 0.5) is 0 Å². The van der Waals surface area contributed by atoms with Crippen LogP contribution in [0.3, 0.4) is 0 Å². The van der Waals surface area contributed by atoms with Crippen molar-refractivity contribution in [2.24, 2.45) is 0 Å². The molecule has 0 N–H and O–H groups in total. The van der Waals surface area contributed by atoms with Crippen molar-refractivity contribution >= 4 is 5.97 Å². The lowest BCUT2D eigenvalue weighted by Crippen LogP contribution is -2.09. The number of rotatable bonds is 9. The second-order valence-corrected chi connectivity index (χ2v) is 6.74. The molecule has 150 valence electrons. The van der Waals surface area contributed by atoms with Gasteiger partial charge in [0.25, 0.3) is 0 Å². The van der Waals surface area contributed by atoms with E-state index in [4.69, 9.17) is 14.6 Å². The van der Waals surface area contributed by atoms with Crippen LogP contribution in [-0.2, 0) is 29.0 Å². The predicted molar refractivity (Wildman–Crippen MR) is 114 cm³/mol. The van der Waals surface area contributed by atoms with Gasteiger partial charge in [0, 0.05) is 12.8 Å². The molecular weight excluding hydrogens is 364 g/mol. The Kier molecular flexibility index (Phi) is 6.98. The molecule has 3 rings (SSSR count). The van der Waals surface area contributed by atoms with Crippen molar-refractivity contribution in [3.05, 3.63) is 89.8 Å². The zero-order chi connectivity index (χ0) is 20.6. The average Bonchev–Trinajstić information content (AvgIpc) is 3.13. The maximum absolute atomic E-state index is 12.3. The Bertz CT molecular complexity index is 991. The monoisotopic (exact) mass is 390 g/mol. The summed E-state index contributed by atoms with van der Waals surface area (Å²) >= 11 is 0. The molecule has 0 bridgehead atoms. The van der Waals surface area contributed by atoms with Crippen molar-refractivity contribution in [3.8, 4) is 11.1 Å². The van der Waals surface area contributed by atoms with Crippen molar-refractivity contribution in [3.63, 3.8) is 0 Å². The van der Waals surface area contributed by atoms with E-state index in [0.717, 1.165) is 40.9 Å². The predicted octanol–water partition coefficient (Wildman–Crippen LogP) is 4.65. The van der Waals surface area contributed by atoms with Crippen LogP contribution in [0.15, 0.2) is 67.3 Å². The molecule has 0 saturated heterocycles. The molecule has 0 aliphatic rings. The molecule has 0 unspecified atom stereocenters. The standard InChI is InChI=1S/C24H26N2O3/c1-4-5-11-20-15-19(17-28-2)25-26(20)16-18-10-6-7-12-21(18)22-13-8-9-14-23(22)24(27)29-3/h4,6-10,12-15H,1,5,11,16-17H2,2-3H3. The molecule has 0 aliphatic heterocycles. The topological polar surface area (TPSA) is 53.4 Å². The van der Waals surface area contributed by atoms with Gasteiger partial charge in [0.1, 0.15) is 0 Å².